The zero-order valence-electron chi connectivity index (χ0n) is 16.3. The summed E-state index contributed by atoms with van der Waals surface area (Å²) in [5, 5.41) is 7.66. The van der Waals surface area contributed by atoms with Crippen LogP contribution in [0.4, 0.5) is 4.39 Å². The van der Waals surface area contributed by atoms with Gasteiger partial charge in [0.15, 0.2) is 0 Å². The maximum absolute atomic E-state index is 15.0. The molecule has 1 aromatic heterocycles. The van der Waals surface area contributed by atoms with E-state index in [-0.39, 0.29) is 11.6 Å². The highest BCUT2D eigenvalue weighted by Gasteiger charge is 2.53. The first-order valence-electron chi connectivity index (χ1n) is 9.43. The highest BCUT2D eigenvalue weighted by Crippen LogP contribution is 2.41. The quantitative estimate of drug-likeness (QED) is 0.767. The fourth-order valence-corrected chi connectivity index (χ4v) is 3.66. The molecule has 1 aliphatic carbocycles. The number of nitrogens with zero attached hydrogens (tertiary/aromatic N) is 1. The number of hydrogen-bond donors (Lipinski definition) is 1. The van der Waals surface area contributed by atoms with Crippen LogP contribution in [0, 0.1) is 0 Å². The smallest absolute Gasteiger partial charge is 0.398 e. The van der Waals surface area contributed by atoms with Crippen molar-refractivity contribution in [3.8, 4) is 0 Å². The van der Waals surface area contributed by atoms with E-state index in [9.17, 15) is 0 Å². The predicted molar refractivity (Wildman–Crippen MR) is 99.1 cm³/mol. The lowest BCUT2D eigenvalue weighted by atomic mass is 9.85. The Hall–Kier alpha value is -1.14. The zero-order valence-corrected chi connectivity index (χ0v) is 16.3. The van der Waals surface area contributed by atoms with Crippen molar-refractivity contribution < 1.29 is 13.7 Å². The molecule has 25 heavy (non-hydrogen) atoms. The van der Waals surface area contributed by atoms with Crippen LogP contribution >= 0.6 is 0 Å². The van der Waals surface area contributed by atoms with Crippen LogP contribution in [0.15, 0.2) is 5.73 Å². The molecular weight excluding hydrogens is 318 g/mol. The summed E-state index contributed by atoms with van der Waals surface area (Å²) in [6.45, 7) is 11.9. The van der Waals surface area contributed by atoms with E-state index in [2.05, 4.69) is 24.0 Å². The Morgan fingerprint density at radius 2 is 1.76 bits per heavy atom. The van der Waals surface area contributed by atoms with Gasteiger partial charge in [0.25, 0.3) is 0 Å². The Morgan fingerprint density at radius 3 is 2.28 bits per heavy atom. The Bertz CT molecular complexity index is 644. The van der Waals surface area contributed by atoms with Crippen LogP contribution < -0.4 is 0 Å². The molecule has 0 spiro atoms. The average Bonchev–Trinajstić information content (AvgIpc) is 3.17. The second-order valence-corrected chi connectivity index (χ2v) is 8.69. The first-order chi connectivity index (χ1) is 11.6. The van der Waals surface area contributed by atoms with Crippen LogP contribution in [0.2, 0.25) is 0 Å². The monoisotopic (exact) mass is 348 g/mol. The van der Waals surface area contributed by atoms with Crippen molar-refractivity contribution >= 4 is 13.2 Å². The molecule has 2 heterocycles. The van der Waals surface area contributed by atoms with E-state index in [1.54, 1.807) is 6.08 Å². The second-order valence-electron chi connectivity index (χ2n) is 8.69. The molecule has 1 aromatic rings. The molecule has 4 nitrogen and oxygen atoms in total. The summed E-state index contributed by atoms with van der Waals surface area (Å²) in [7, 11) is -0.962. The number of H-pyrrole nitrogens is 1. The van der Waals surface area contributed by atoms with Crippen molar-refractivity contribution in [2.24, 2.45) is 0 Å². The Balaban J connectivity index is 1.93. The average molecular weight is 348 g/mol. The number of nitrogens with one attached hydrogen (secondary N) is 1. The van der Waals surface area contributed by atoms with Gasteiger partial charge in [-0.25, -0.2) is 4.39 Å². The fourth-order valence-electron chi connectivity index (χ4n) is 3.66. The predicted octanol–water partition coefficient (Wildman–Crippen LogP) is 5.13. The maximum Gasteiger partial charge on any atom is 0.525 e. The van der Waals surface area contributed by atoms with Crippen molar-refractivity contribution in [2.75, 3.05) is 0 Å². The molecule has 1 saturated carbocycles. The van der Waals surface area contributed by atoms with Gasteiger partial charge in [-0.3, -0.25) is 5.10 Å². The standard InChI is InChI=1S/C19H30BFN2O2/c1-12(2)16-14(17(23-22-16)13-9-7-8-10-13)11-15(21)20-24-18(3,4)19(5,6)25-20/h11-13H,7-10H2,1-6H3,(H,22,23). The van der Waals surface area contributed by atoms with E-state index >= 15 is 4.39 Å². The fraction of sp³-hybridized carbons (Fsp3) is 0.737. The largest absolute Gasteiger partial charge is 0.525 e. The van der Waals surface area contributed by atoms with E-state index in [0.29, 0.717) is 5.92 Å². The molecular formula is C19H30BFN2O2. The molecule has 138 valence electrons. The van der Waals surface area contributed by atoms with E-state index in [1.165, 1.54) is 12.8 Å². The number of halogens is 1. The molecule has 1 N–H and O–H groups in total. The van der Waals surface area contributed by atoms with Gasteiger partial charge in [-0.1, -0.05) is 26.7 Å². The topological polar surface area (TPSA) is 47.1 Å². The van der Waals surface area contributed by atoms with Gasteiger partial charge < -0.3 is 9.31 Å². The highest BCUT2D eigenvalue weighted by molar-refractivity contribution is 6.54. The molecule has 0 atom stereocenters. The summed E-state index contributed by atoms with van der Waals surface area (Å²) in [5.74, 6) is 0.668. The van der Waals surface area contributed by atoms with Gasteiger partial charge in [0.1, 0.15) is 5.73 Å². The number of hydrogen-bond acceptors (Lipinski definition) is 3. The first-order valence-corrected chi connectivity index (χ1v) is 9.43. The van der Waals surface area contributed by atoms with Crippen molar-refractivity contribution in [1.29, 1.82) is 0 Å². The minimum absolute atomic E-state index is 0.226. The van der Waals surface area contributed by atoms with E-state index in [4.69, 9.17) is 9.31 Å². The number of rotatable bonds is 4. The third-order valence-corrected chi connectivity index (χ3v) is 5.93. The maximum atomic E-state index is 15.0. The lowest BCUT2D eigenvalue weighted by Gasteiger charge is -2.32. The van der Waals surface area contributed by atoms with Gasteiger partial charge in [-0.2, -0.15) is 5.10 Å². The summed E-state index contributed by atoms with van der Waals surface area (Å²) < 4.78 is 26.7. The van der Waals surface area contributed by atoms with E-state index < -0.39 is 18.3 Å². The molecule has 2 fully saturated rings. The van der Waals surface area contributed by atoms with Crippen LogP contribution in [0.3, 0.4) is 0 Å². The van der Waals surface area contributed by atoms with Gasteiger partial charge in [0.2, 0.25) is 0 Å². The third-order valence-electron chi connectivity index (χ3n) is 5.93. The van der Waals surface area contributed by atoms with Crippen LogP contribution in [0.25, 0.3) is 6.08 Å². The minimum atomic E-state index is -0.962. The number of aromatic nitrogens is 2. The SMILES string of the molecule is CC(C)c1n[nH]c(C2CCCC2)c1C=C(F)B1OC(C)(C)C(C)(C)O1. The molecule has 0 radical (unpaired) electrons. The molecule has 6 heteroatoms. The molecule has 3 rings (SSSR count). The molecule has 0 unspecified atom stereocenters. The lowest BCUT2D eigenvalue weighted by Crippen LogP contribution is -2.41. The van der Waals surface area contributed by atoms with Gasteiger partial charge in [0, 0.05) is 17.2 Å². The van der Waals surface area contributed by atoms with Gasteiger partial charge in [-0.15, -0.1) is 0 Å². The minimum Gasteiger partial charge on any atom is -0.398 e. The third kappa shape index (κ3) is 3.43. The van der Waals surface area contributed by atoms with Crippen molar-refractivity contribution in [3.05, 3.63) is 22.7 Å². The van der Waals surface area contributed by atoms with Gasteiger partial charge >= 0.3 is 7.12 Å². The lowest BCUT2D eigenvalue weighted by molar-refractivity contribution is 0.00578. The Labute approximate surface area is 150 Å². The van der Waals surface area contributed by atoms with Crippen molar-refractivity contribution in [3.63, 3.8) is 0 Å². The van der Waals surface area contributed by atoms with Crippen molar-refractivity contribution in [1.82, 2.24) is 10.2 Å². The van der Waals surface area contributed by atoms with Crippen LogP contribution in [0.5, 0.6) is 0 Å². The summed E-state index contributed by atoms with van der Waals surface area (Å²) in [6.07, 6.45) is 6.30. The summed E-state index contributed by atoms with van der Waals surface area (Å²) in [6, 6.07) is 0. The first kappa shape index (κ1) is 18.6. The molecule has 0 amide bonds. The zero-order chi connectivity index (χ0) is 18.4. The summed E-state index contributed by atoms with van der Waals surface area (Å²) in [5.41, 5.74) is 1.37. The van der Waals surface area contributed by atoms with Crippen LogP contribution in [-0.2, 0) is 9.31 Å². The van der Waals surface area contributed by atoms with E-state index in [0.717, 1.165) is 29.8 Å². The summed E-state index contributed by atoms with van der Waals surface area (Å²) in [4.78, 5) is 0. The molecule has 1 saturated heterocycles. The number of aromatic amines is 1. The summed E-state index contributed by atoms with van der Waals surface area (Å²) >= 11 is 0. The molecule has 0 bridgehead atoms. The van der Waals surface area contributed by atoms with Crippen molar-refractivity contribution in [2.45, 2.75) is 90.3 Å². The Kier molecular flexibility index (Phi) is 4.88. The highest BCUT2D eigenvalue weighted by atomic mass is 19.1. The van der Waals surface area contributed by atoms with Crippen LogP contribution in [-0.4, -0.2) is 28.5 Å². The molecule has 2 aliphatic rings. The normalized spacial score (nSPS) is 23.8. The van der Waals surface area contributed by atoms with Gasteiger partial charge in [-0.05, 0) is 52.5 Å². The van der Waals surface area contributed by atoms with E-state index in [1.807, 2.05) is 27.7 Å². The van der Waals surface area contributed by atoms with Gasteiger partial charge in [0.05, 0.1) is 16.9 Å². The Morgan fingerprint density at radius 1 is 1.20 bits per heavy atom. The molecule has 1 aliphatic heterocycles. The molecule has 0 aromatic carbocycles. The second kappa shape index (κ2) is 6.55. The van der Waals surface area contributed by atoms with Crippen LogP contribution in [0.1, 0.15) is 96.0 Å².